The summed E-state index contributed by atoms with van der Waals surface area (Å²) >= 11 is 0. The van der Waals surface area contributed by atoms with Gasteiger partial charge in [0, 0.05) is 24.3 Å². The molecule has 1 aromatic rings. The van der Waals surface area contributed by atoms with E-state index < -0.39 is 0 Å². The van der Waals surface area contributed by atoms with Crippen LogP contribution >= 0.6 is 0 Å². The molecule has 4 N–H and O–H groups in total. The lowest BCUT2D eigenvalue weighted by Crippen LogP contribution is -2.32. The second kappa shape index (κ2) is 6.75. The number of nitrogens with one attached hydrogen (secondary N) is 2. The second-order valence-corrected chi connectivity index (χ2v) is 3.88. The molecule has 0 aliphatic rings. The van der Waals surface area contributed by atoms with Crippen LogP contribution in [0, 0.1) is 0 Å². The van der Waals surface area contributed by atoms with Crippen LogP contribution in [-0.4, -0.2) is 25.7 Å². The Morgan fingerprint density at radius 1 is 1.53 bits per heavy atom. The Hall–Kier alpha value is -1.75. The van der Waals surface area contributed by atoms with Crippen molar-refractivity contribution in [2.24, 2.45) is 5.73 Å². The molecule has 0 fully saturated rings. The molecule has 1 atom stereocenters. The smallest absolute Gasteiger partial charge is 0.319 e. The first kappa shape index (κ1) is 13.3. The highest BCUT2D eigenvalue weighted by Gasteiger charge is 2.02. The van der Waals surface area contributed by atoms with E-state index in [1.54, 1.807) is 19.2 Å². The Labute approximate surface area is 101 Å². The van der Waals surface area contributed by atoms with Gasteiger partial charge in [-0.1, -0.05) is 6.07 Å². The monoisotopic (exact) mass is 237 g/mol. The fourth-order valence-electron chi connectivity index (χ4n) is 1.29. The Balaban J connectivity index is 2.39. The number of methoxy groups -OCH3 is 1. The van der Waals surface area contributed by atoms with Crippen molar-refractivity contribution in [2.45, 2.75) is 19.4 Å². The summed E-state index contributed by atoms with van der Waals surface area (Å²) < 4.78 is 5.06. The van der Waals surface area contributed by atoms with Crippen molar-refractivity contribution >= 4 is 11.7 Å². The molecular weight excluding hydrogens is 218 g/mol. The van der Waals surface area contributed by atoms with E-state index >= 15 is 0 Å². The molecule has 17 heavy (non-hydrogen) atoms. The highest BCUT2D eigenvalue weighted by atomic mass is 16.5. The van der Waals surface area contributed by atoms with Crippen LogP contribution in [0.2, 0.25) is 0 Å². The van der Waals surface area contributed by atoms with Gasteiger partial charge in [-0.2, -0.15) is 0 Å². The van der Waals surface area contributed by atoms with Crippen molar-refractivity contribution in [1.82, 2.24) is 5.32 Å². The summed E-state index contributed by atoms with van der Waals surface area (Å²) in [7, 11) is 1.59. The maximum Gasteiger partial charge on any atom is 0.319 e. The Morgan fingerprint density at radius 2 is 2.29 bits per heavy atom. The van der Waals surface area contributed by atoms with Crippen molar-refractivity contribution < 1.29 is 9.53 Å². The molecule has 5 nitrogen and oxygen atoms in total. The summed E-state index contributed by atoms with van der Waals surface area (Å²) in [5.74, 6) is 0.707. The molecule has 0 saturated heterocycles. The predicted molar refractivity (Wildman–Crippen MR) is 68.3 cm³/mol. The van der Waals surface area contributed by atoms with Gasteiger partial charge in [-0.25, -0.2) is 4.79 Å². The van der Waals surface area contributed by atoms with Crippen molar-refractivity contribution in [3.8, 4) is 5.75 Å². The number of amides is 2. The summed E-state index contributed by atoms with van der Waals surface area (Å²) in [6, 6.07) is 7.04. The third-order valence-electron chi connectivity index (χ3n) is 2.21. The molecular formula is C12H19N3O2. The summed E-state index contributed by atoms with van der Waals surface area (Å²) in [5.41, 5.74) is 6.28. The zero-order valence-electron chi connectivity index (χ0n) is 10.2. The maximum absolute atomic E-state index is 11.5. The number of urea groups is 1. The number of carbonyl (C=O) groups excluding carboxylic acids is 1. The van der Waals surface area contributed by atoms with Gasteiger partial charge in [-0.3, -0.25) is 0 Å². The van der Waals surface area contributed by atoms with Gasteiger partial charge in [0.25, 0.3) is 0 Å². The van der Waals surface area contributed by atoms with E-state index in [9.17, 15) is 4.79 Å². The van der Waals surface area contributed by atoms with Crippen LogP contribution in [0.1, 0.15) is 13.3 Å². The molecule has 0 radical (unpaired) electrons. The van der Waals surface area contributed by atoms with E-state index in [4.69, 9.17) is 10.5 Å². The minimum absolute atomic E-state index is 0.0899. The summed E-state index contributed by atoms with van der Waals surface area (Å²) in [6.45, 7) is 2.47. The maximum atomic E-state index is 11.5. The van der Waals surface area contributed by atoms with E-state index in [0.29, 0.717) is 18.0 Å². The first-order chi connectivity index (χ1) is 8.11. The minimum atomic E-state index is -0.237. The molecule has 0 aromatic heterocycles. The third kappa shape index (κ3) is 5.21. The summed E-state index contributed by atoms with van der Waals surface area (Å²) in [4.78, 5) is 11.5. The van der Waals surface area contributed by atoms with E-state index in [0.717, 1.165) is 6.42 Å². The van der Waals surface area contributed by atoms with Crippen LogP contribution in [0.5, 0.6) is 5.75 Å². The van der Waals surface area contributed by atoms with Crippen LogP contribution in [0.15, 0.2) is 24.3 Å². The number of nitrogens with two attached hydrogens (primary N) is 1. The number of carbonyl (C=O) groups is 1. The van der Waals surface area contributed by atoms with E-state index in [2.05, 4.69) is 10.6 Å². The molecule has 0 aliphatic heterocycles. The largest absolute Gasteiger partial charge is 0.497 e. The van der Waals surface area contributed by atoms with Gasteiger partial charge in [-0.15, -0.1) is 0 Å². The quantitative estimate of drug-likeness (QED) is 0.727. The first-order valence-corrected chi connectivity index (χ1v) is 5.56. The first-order valence-electron chi connectivity index (χ1n) is 5.56. The molecule has 1 rings (SSSR count). The molecule has 0 heterocycles. The lowest BCUT2D eigenvalue weighted by Gasteiger charge is -2.09. The lowest BCUT2D eigenvalue weighted by molar-refractivity contribution is 0.252. The van der Waals surface area contributed by atoms with E-state index in [1.807, 2.05) is 19.1 Å². The molecule has 0 bridgehead atoms. The third-order valence-corrected chi connectivity index (χ3v) is 2.21. The Bertz CT molecular complexity index is 367. The molecule has 1 unspecified atom stereocenters. The molecule has 0 saturated carbocycles. The van der Waals surface area contributed by atoms with Gasteiger partial charge in [0.15, 0.2) is 0 Å². The van der Waals surface area contributed by atoms with Gasteiger partial charge in [0.2, 0.25) is 0 Å². The number of hydrogen-bond donors (Lipinski definition) is 3. The Kier molecular flexibility index (Phi) is 5.29. The summed E-state index contributed by atoms with van der Waals surface area (Å²) in [6.07, 6.45) is 0.755. The highest BCUT2D eigenvalue weighted by Crippen LogP contribution is 2.16. The van der Waals surface area contributed by atoms with Crippen molar-refractivity contribution in [3.63, 3.8) is 0 Å². The predicted octanol–water partition coefficient (Wildman–Crippen LogP) is 1.55. The van der Waals surface area contributed by atoms with Crippen LogP contribution in [-0.2, 0) is 0 Å². The molecule has 0 aliphatic carbocycles. The number of benzene rings is 1. The number of rotatable bonds is 5. The molecule has 2 amide bonds. The van der Waals surface area contributed by atoms with Gasteiger partial charge < -0.3 is 21.1 Å². The van der Waals surface area contributed by atoms with E-state index in [-0.39, 0.29) is 12.1 Å². The molecule has 0 spiro atoms. The van der Waals surface area contributed by atoms with Crippen molar-refractivity contribution in [2.75, 3.05) is 19.0 Å². The zero-order valence-corrected chi connectivity index (χ0v) is 10.2. The Morgan fingerprint density at radius 3 is 2.94 bits per heavy atom. The summed E-state index contributed by atoms with van der Waals surface area (Å²) in [5, 5.41) is 5.45. The topological polar surface area (TPSA) is 76.4 Å². The van der Waals surface area contributed by atoms with Gasteiger partial charge >= 0.3 is 6.03 Å². The van der Waals surface area contributed by atoms with Crippen LogP contribution in [0.4, 0.5) is 10.5 Å². The number of hydrogen-bond acceptors (Lipinski definition) is 3. The van der Waals surface area contributed by atoms with Gasteiger partial charge in [0.05, 0.1) is 7.11 Å². The van der Waals surface area contributed by atoms with Gasteiger partial charge in [-0.05, 0) is 25.5 Å². The molecule has 1 aromatic carbocycles. The SMILES string of the molecule is COc1cccc(NC(=O)NCCC(C)N)c1. The average Bonchev–Trinajstić information content (AvgIpc) is 2.28. The molecule has 94 valence electrons. The average molecular weight is 237 g/mol. The minimum Gasteiger partial charge on any atom is -0.497 e. The lowest BCUT2D eigenvalue weighted by atomic mass is 10.2. The molecule has 5 heteroatoms. The standard InChI is InChI=1S/C12H19N3O2/c1-9(13)6-7-14-12(16)15-10-4-3-5-11(8-10)17-2/h3-5,8-9H,6-7,13H2,1-2H3,(H2,14,15,16). The fraction of sp³-hybridized carbons (Fsp3) is 0.417. The van der Waals surface area contributed by atoms with Crippen LogP contribution in [0.3, 0.4) is 0 Å². The van der Waals surface area contributed by atoms with Gasteiger partial charge in [0.1, 0.15) is 5.75 Å². The second-order valence-electron chi connectivity index (χ2n) is 3.88. The van der Waals surface area contributed by atoms with Crippen molar-refractivity contribution in [3.05, 3.63) is 24.3 Å². The highest BCUT2D eigenvalue weighted by molar-refractivity contribution is 5.89. The fourth-order valence-corrected chi connectivity index (χ4v) is 1.29. The van der Waals surface area contributed by atoms with Crippen LogP contribution < -0.4 is 21.1 Å². The normalized spacial score (nSPS) is 11.7. The van der Waals surface area contributed by atoms with Crippen LogP contribution in [0.25, 0.3) is 0 Å². The number of anilines is 1. The number of ether oxygens (including phenoxy) is 1. The van der Waals surface area contributed by atoms with E-state index in [1.165, 1.54) is 0 Å². The zero-order chi connectivity index (χ0) is 12.7. The van der Waals surface area contributed by atoms with Crippen molar-refractivity contribution in [1.29, 1.82) is 0 Å².